The Kier molecular flexibility index (Phi) is 5.84. The van der Waals surface area contributed by atoms with Gasteiger partial charge < -0.3 is 14.7 Å². The third-order valence-corrected chi connectivity index (χ3v) is 6.04. The maximum atomic E-state index is 13.0. The minimum atomic E-state index is -0.191. The van der Waals surface area contributed by atoms with Gasteiger partial charge in [-0.05, 0) is 36.6 Å². The summed E-state index contributed by atoms with van der Waals surface area (Å²) in [6.45, 7) is 6.48. The van der Waals surface area contributed by atoms with E-state index in [-0.39, 0.29) is 17.7 Å². The highest BCUT2D eigenvalue weighted by atomic mass is 16.2. The zero-order chi connectivity index (χ0) is 20.2. The minimum Gasteiger partial charge on any atom is -0.368 e. The van der Waals surface area contributed by atoms with Crippen LogP contribution in [0.4, 0.5) is 5.69 Å². The molecule has 0 bridgehead atoms. The van der Waals surface area contributed by atoms with Crippen LogP contribution in [0.25, 0.3) is 0 Å². The number of benzene rings is 2. The Morgan fingerprint density at radius 1 is 1.00 bits per heavy atom. The molecule has 5 nitrogen and oxygen atoms in total. The number of likely N-dealkylation sites (tertiary alicyclic amines) is 1. The molecule has 152 valence electrons. The van der Waals surface area contributed by atoms with Crippen LogP contribution in [0.3, 0.4) is 0 Å². The summed E-state index contributed by atoms with van der Waals surface area (Å²) in [7, 11) is 0. The lowest BCUT2D eigenvalue weighted by Gasteiger charge is -2.37. The van der Waals surface area contributed by atoms with E-state index >= 15 is 0 Å². The van der Waals surface area contributed by atoms with E-state index in [0.29, 0.717) is 19.5 Å². The van der Waals surface area contributed by atoms with Crippen LogP contribution >= 0.6 is 0 Å². The van der Waals surface area contributed by atoms with Gasteiger partial charge in [0.05, 0.1) is 5.92 Å². The van der Waals surface area contributed by atoms with Crippen LogP contribution in [-0.2, 0) is 16.0 Å². The van der Waals surface area contributed by atoms with Gasteiger partial charge in [-0.1, -0.05) is 42.5 Å². The molecule has 0 N–H and O–H groups in total. The summed E-state index contributed by atoms with van der Waals surface area (Å²) in [5, 5.41) is 0. The molecule has 0 aromatic heterocycles. The number of hydrogen-bond acceptors (Lipinski definition) is 3. The maximum absolute atomic E-state index is 13.0. The molecule has 2 aliphatic heterocycles. The molecule has 29 heavy (non-hydrogen) atoms. The van der Waals surface area contributed by atoms with Gasteiger partial charge in [0.15, 0.2) is 0 Å². The average Bonchev–Trinajstić information content (AvgIpc) is 3.13. The summed E-state index contributed by atoms with van der Waals surface area (Å²) in [5.41, 5.74) is 3.70. The lowest BCUT2D eigenvalue weighted by molar-refractivity contribution is -0.136. The first-order valence-corrected chi connectivity index (χ1v) is 10.5. The fourth-order valence-corrected chi connectivity index (χ4v) is 4.33. The topological polar surface area (TPSA) is 43.9 Å². The molecule has 4 rings (SSSR count). The number of hydrogen-bond donors (Lipinski definition) is 0. The first-order valence-electron chi connectivity index (χ1n) is 10.5. The molecule has 2 aromatic carbocycles. The lowest BCUT2D eigenvalue weighted by Crippen LogP contribution is -2.50. The molecule has 0 spiro atoms. The monoisotopic (exact) mass is 391 g/mol. The summed E-state index contributed by atoms with van der Waals surface area (Å²) in [4.78, 5) is 31.5. The van der Waals surface area contributed by atoms with Crippen molar-refractivity contribution in [2.75, 3.05) is 44.2 Å². The van der Waals surface area contributed by atoms with E-state index in [1.54, 1.807) is 0 Å². The van der Waals surface area contributed by atoms with Crippen molar-refractivity contribution in [2.45, 2.75) is 19.8 Å². The second kappa shape index (κ2) is 8.68. The van der Waals surface area contributed by atoms with Crippen molar-refractivity contribution in [3.05, 3.63) is 65.7 Å². The van der Waals surface area contributed by atoms with E-state index in [9.17, 15) is 9.59 Å². The first-order chi connectivity index (χ1) is 14.1. The van der Waals surface area contributed by atoms with Crippen molar-refractivity contribution in [1.29, 1.82) is 0 Å². The number of piperazine rings is 1. The van der Waals surface area contributed by atoms with Crippen LogP contribution in [0, 0.1) is 12.8 Å². The lowest BCUT2D eigenvalue weighted by atomic mass is 10.1. The number of nitrogens with zero attached hydrogens (tertiary/aromatic N) is 3. The Hall–Kier alpha value is -2.82. The second-order valence-electron chi connectivity index (χ2n) is 8.13. The summed E-state index contributed by atoms with van der Waals surface area (Å²) < 4.78 is 0. The van der Waals surface area contributed by atoms with Crippen LogP contribution in [0.5, 0.6) is 0 Å². The number of carbonyl (C=O) groups is 2. The van der Waals surface area contributed by atoms with Crippen molar-refractivity contribution in [3.63, 3.8) is 0 Å². The van der Waals surface area contributed by atoms with Gasteiger partial charge in [0.25, 0.3) is 0 Å². The third-order valence-electron chi connectivity index (χ3n) is 6.04. The molecule has 0 saturated carbocycles. The summed E-state index contributed by atoms with van der Waals surface area (Å²) in [6.07, 6.45) is 1.19. The van der Waals surface area contributed by atoms with Crippen LogP contribution in [0.2, 0.25) is 0 Å². The van der Waals surface area contributed by atoms with Crippen molar-refractivity contribution >= 4 is 17.5 Å². The largest absolute Gasteiger partial charge is 0.368 e. The number of rotatable bonds is 5. The zero-order valence-electron chi connectivity index (χ0n) is 17.1. The van der Waals surface area contributed by atoms with Crippen LogP contribution in [-0.4, -0.2) is 60.9 Å². The number of anilines is 1. The molecule has 2 aliphatic rings. The standard InChI is InChI=1S/C24H29N3O2/c1-19-6-5-9-22(16-19)25-12-14-26(15-13-25)24(29)21-17-23(28)27(18-21)11-10-20-7-3-2-4-8-20/h2-9,16,21H,10-15,17-18H2,1H3/t21-/m0/s1. The zero-order valence-corrected chi connectivity index (χ0v) is 17.1. The van der Waals surface area contributed by atoms with E-state index < -0.39 is 0 Å². The highest BCUT2D eigenvalue weighted by molar-refractivity contribution is 5.89. The van der Waals surface area contributed by atoms with Gasteiger partial charge in [-0.2, -0.15) is 0 Å². The SMILES string of the molecule is Cc1cccc(N2CCN(C(=O)[C@H]3CC(=O)N(CCc4ccccc4)C3)CC2)c1. The van der Waals surface area contributed by atoms with Crippen LogP contribution in [0.1, 0.15) is 17.5 Å². The van der Waals surface area contributed by atoms with Crippen molar-refractivity contribution in [1.82, 2.24) is 9.80 Å². The van der Waals surface area contributed by atoms with Crippen molar-refractivity contribution < 1.29 is 9.59 Å². The molecule has 0 aliphatic carbocycles. The number of aryl methyl sites for hydroxylation is 1. The Morgan fingerprint density at radius 3 is 2.48 bits per heavy atom. The predicted octanol–water partition coefficient (Wildman–Crippen LogP) is 2.73. The molecular weight excluding hydrogens is 362 g/mol. The van der Waals surface area contributed by atoms with Gasteiger partial charge in [-0.3, -0.25) is 9.59 Å². The molecule has 2 saturated heterocycles. The first kappa shape index (κ1) is 19.5. The van der Waals surface area contributed by atoms with E-state index in [4.69, 9.17) is 0 Å². The number of amides is 2. The third kappa shape index (κ3) is 4.61. The Morgan fingerprint density at radius 2 is 1.76 bits per heavy atom. The van der Waals surface area contributed by atoms with Gasteiger partial charge in [0.1, 0.15) is 0 Å². The van der Waals surface area contributed by atoms with E-state index in [2.05, 4.69) is 48.2 Å². The van der Waals surface area contributed by atoms with Gasteiger partial charge in [0, 0.05) is 51.4 Å². The van der Waals surface area contributed by atoms with Crippen molar-refractivity contribution in [3.8, 4) is 0 Å². The molecular formula is C24H29N3O2. The number of carbonyl (C=O) groups excluding carboxylic acids is 2. The average molecular weight is 392 g/mol. The van der Waals surface area contributed by atoms with E-state index in [1.165, 1.54) is 16.8 Å². The maximum Gasteiger partial charge on any atom is 0.228 e. The molecule has 2 aromatic rings. The summed E-state index contributed by atoms with van der Waals surface area (Å²) in [6, 6.07) is 18.7. The predicted molar refractivity (Wildman–Crippen MR) is 115 cm³/mol. The minimum absolute atomic E-state index is 0.109. The molecule has 5 heteroatoms. The normalized spacial score (nSPS) is 19.7. The summed E-state index contributed by atoms with van der Waals surface area (Å²) in [5.74, 6) is 0.0610. The molecule has 1 atom stereocenters. The van der Waals surface area contributed by atoms with Crippen LogP contribution < -0.4 is 4.90 Å². The molecule has 0 unspecified atom stereocenters. The molecule has 2 amide bonds. The molecule has 2 fully saturated rings. The Bertz CT molecular complexity index is 859. The Balaban J connectivity index is 1.28. The smallest absolute Gasteiger partial charge is 0.228 e. The van der Waals surface area contributed by atoms with Gasteiger partial charge in [-0.25, -0.2) is 0 Å². The van der Waals surface area contributed by atoms with Crippen LogP contribution in [0.15, 0.2) is 54.6 Å². The quantitative estimate of drug-likeness (QED) is 0.787. The Labute approximate surface area is 172 Å². The van der Waals surface area contributed by atoms with Crippen molar-refractivity contribution in [2.24, 2.45) is 5.92 Å². The van der Waals surface area contributed by atoms with Gasteiger partial charge >= 0.3 is 0 Å². The van der Waals surface area contributed by atoms with E-state index in [1.807, 2.05) is 28.0 Å². The van der Waals surface area contributed by atoms with E-state index in [0.717, 1.165) is 32.6 Å². The highest BCUT2D eigenvalue weighted by Crippen LogP contribution is 2.23. The molecule has 2 heterocycles. The fraction of sp³-hybridized carbons (Fsp3) is 0.417. The second-order valence-corrected chi connectivity index (χ2v) is 8.13. The van der Waals surface area contributed by atoms with Gasteiger partial charge in [0.2, 0.25) is 11.8 Å². The highest BCUT2D eigenvalue weighted by Gasteiger charge is 2.37. The summed E-state index contributed by atoms with van der Waals surface area (Å²) >= 11 is 0. The van der Waals surface area contributed by atoms with Gasteiger partial charge in [-0.15, -0.1) is 0 Å². The molecule has 0 radical (unpaired) electrons. The fourth-order valence-electron chi connectivity index (χ4n) is 4.33.